The highest BCUT2D eigenvalue weighted by atomic mass is 16.5. The van der Waals surface area contributed by atoms with E-state index in [9.17, 15) is 10.2 Å². The van der Waals surface area contributed by atoms with Gasteiger partial charge >= 0.3 is 0 Å². The Morgan fingerprint density at radius 3 is 2.27 bits per heavy atom. The van der Waals surface area contributed by atoms with Gasteiger partial charge in [0.2, 0.25) is 0 Å². The van der Waals surface area contributed by atoms with Crippen LogP contribution in [-0.2, 0) is 13.0 Å². The normalized spacial score (nSPS) is 13.7. The minimum absolute atomic E-state index is 0.106. The standard InChI is InChI=1S/C21H26NO4/c1-25-19-10-16-8-9-22(12-15-6-4-3-5-7-15)21(17(13-23)14-24)18(16)11-20(19)26-2/h3-7,10-11,17,23-24H,8-9,12-14H2,1-2H3/q+1. The van der Waals surface area contributed by atoms with Crippen molar-refractivity contribution >= 4 is 5.71 Å². The molecular weight excluding hydrogens is 330 g/mol. The summed E-state index contributed by atoms with van der Waals surface area (Å²) >= 11 is 0. The number of hydrogen-bond acceptors (Lipinski definition) is 4. The Bertz CT molecular complexity index is 782. The van der Waals surface area contributed by atoms with Crippen LogP contribution >= 0.6 is 0 Å². The van der Waals surface area contributed by atoms with E-state index in [1.54, 1.807) is 14.2 Å². The summed E-state index contributed by atoms with van der Waals surface area (Å²) in [5, 5.41) is 19.7. The van der Waals surface area contributed by atoms with Crippen LogP contribution in [-0.4, -0.2) is 54.5 Å². The monoisotopic (exact) mass is 356 g/mol. The molecule has 0 aromatic heterocycles. The first-order chi connectivity index (χ1) is 12.7. The molecule has 0 unspecified atom stereocenters. The zero-order valence-electron chi connectivity index (χ0n) is 15.3. The molecule has 0 atom stereocenters. The highest BCUT2D eigenvalue weighted by Gasteiger charge is 2.33. The van der Waals surface area contributed by atoms with Gasteiger partial charge < -0.3 is 19.7 Å². The van der Waals surface area contributed by atoms with Crippen molar-refractivity contribution in [1.29, 1.82) is 0 Å². The third-order valence-corrected chi connectivity index (χ3v) is 4.92. The Morgan fingerprint density at radius 1 is 1.00 bits per heavy atom. The number of aliphatic hydroxyl groups is 2. The molecule has 1 heterocycles. The van der Waals surface area contributed by atoms with Gasteiger partial charge in [-0.15, -0.1) is 0 Å². The van der Waals surface area contributed by atoms with Crippen molar-refractivity contribution in [3.8, 4) is 11.5 Å². The third kappa shape index (κ3) is 3.59. The molecule has 2 aromatic rings. The first-order valence-corrected chi connectivity index (χ1v) is 8.84. The molecule has 0 saturated carbocycles. The number of benzene rings is 2. The van der Waals surface area contributed by atoms with E-state index < -0.39 is 0 Å². The molecule has 26 heavy (non-hydrogen) atoms. The Kier molecular flexibility index (Phi) is 5.91. The van der Waals surface area contributed by atoms with Crippen LogP contribution in [0.4, 0.5) is 0 Å². The summed E-state index contributed by atoms with van der Waals surface area (Å²) in [6.45, 7) is 1.35. The van der Waals surface area contributed by atoms with Crippen LogP contribution in [0.1, 0.15) is 16.7 Å². The lowest BCUT2D eigenvalue weighted by Crippen LogP contribution is -2.37. The van der Waals surface area contributed by atoms with Crippen molar-refractivity contribution in [2.45, 2.75) is 13.0 Å². The molecule has 0 amide bonds. The van der Waals surface area contributed by atoms with Gasteiger partial charge in [-0.3, -0.25) is 0 Å². The molecular formula is C21H26NO4+. The molecule has 0 fully saturated rings. The summed E-state index contributed by atoms with van der Waals surface area (Å²) in [6, 6.07) is 14.2. The molecule has 0 aliphatic carbocycles. The molecule has 2 N–H and O–H groups in total. The molecule has 1 aliphatic heterocycles. The molecule has 0 saturated heterocycles. The highest BCUT2D eigenvalue weighted by molar-refractivity contribution is 6.01. The molecule has 5 heteroatoms. The minimum Gasteiger partial charge on any atom is -0.493 e. The second-order valence-electron chi connectivity index (χ2n) is 6.47. The summed E-state index contributed by atoms with van der Waals surface area (Å²) in [7, 11) is 3.24. The summed E-state index contributed by atoms with van der Waals surface area (Å²) in [4.78, 5) is 0. The maximum absolute atomic E-state index is 9.85. The molecule has 5 nitrogen and oxygen atoms in total. The second kappa shape index (κ2) is 8.34. The van der Waals surface area contributed by atoms with Gasteiger partial charge in [0, 0.05) is 17.5 Å². The maximum Gasteiger partial charge on any atom is 0.191 e. The van der Waals surface area contributed by atoms with E-state index in [2.05, 4.69) is 16.7 Å². The van der Waals surface area contributed by atoms with Crippen LogP contribution in [0.5, 0.6) is 11.5 Å². The topological polar surface area (TPSA) is 61.9 Å². The van der Waals surface area contributed by atoms with Crippen molar-refractivity contribution < 1.29 is 24.3 Å². The minimum atomic E-state index is -0.337. The van der Waals surface area contributed by atoms with Gasteiger partial charge in [0.1, 0.15) is 6.54 Å². The van der Waals surface area contributed by atoms with Crippen LogP contribution in [0.2, 0.25) is 0 Å². The molecule has 138 valence electrons. The fraction of sp³-hybridized carbons (Fsp3) is 0.381. The second-order valence-corrected chi connectivity index (χ2v) is 6.47. The van der Waals surface area contributed by atoms with E-state index in [1.165, 1.54) is 5.56 Å². The van der Waals surface area contributed by atoms with E-state index >= 15 is 0 Å². The van der Waals surface area contributed by atoms with Gasteiger partial charge in [-0.2, -0.15) is 0 Å². The van der Waals surface area contributed by atoms with Crippen LogP contribution in [0.25, 0.3) is 0 Å². The van der Waals surface area contributed by atoms with Gasteiger partial charge in [-0.25, -0.2) is 4.58 Å². The van der Waals surface area contributed by atoms with Crippen LogP contribution < -0.4 is 9.47 Å². The van der Waals surface area contributed by atoms with Crippen molar-refractivity contribution in [2.75, 3.05) is 34.0 Å². The third-order valence-electron chi connectivity index (χ3n) is 4.92. The van der Waals surface area contributed by atoms with Crippen LogP contribution in [0.15, 0.2) is 42.5 Å². The van der Waals surface area contributed by atoms with Crippen molar-refractivity contribution in [1.82, 2.24) is 0 Å². The molecule has 0 bridgehead atoms. The maximum atomic E-state index is 9.85. The smallest absolute Gasteiger partial charge is 0.191 e. The van der Waals surface area contributed by atoms with Crippen LogP contribution in [0.3, 0.4) is 0 Å². The summed E-state index contributed by atoms with van der Waals surface area (Å²) in [5.74, 6) is 1.02. The van der Waals surface area contributed by atoms with E-state index in [0.29, 0.717) is 11.5 Å². The largest absolute Gasteiger partial charge is 0.493 e. The van der Waals surface area contributed by atoms with E-state index in [0.717, 1.165) is 36.3 Å². The Morgan fingerprint density at radius 2 is 1.65 bits per heavy atom. The first kappa shape index (κ1) is 18.4. The van der Waals surface area contributed by atoms with Crippen LogP contribution in [0, 0.1) is 5.92 Å². The number of ether oxygens (including phenoxy) is 2. The predicted molar refractivity (Wildman–Crippen MR) is 100 cm³/mol. The first-order valence-electron chi connectivity index (χ1n) is 8.84. The molecule has 1 aliphatic rings. The molecule has 0 spiro atoms. The average Bonchev–Trinajstić information content (AvgIpc) is 2.69. The zero-order chi connectivity index (χ0) is 18.5. The Hall–Kier alpha value is -2.37. The van der Waals surface area contributed by atoms with E-state index in [-0.39, 0.29) is 19.1 Å². The SMILES string of the molecule is COc1cc2c(cc1OC)C(C(CO)CO)=[N+](Cc1ccccc1)CC2. The number of fused-ring (bicyclic) bond motifs is 1. The highest BCUT2D eigenvalue weighted by Crippen LogP contribution is 2.33. The van der Waals surface area contributed by atoms with Crippen molar-refractivity contribution in [3.05, 3.63) is 59.2 Å². The van der Waals surface area contributed by atoms with Gasteiger partial charge in [-0.1, -0.05) is 30.3 Å². The summed E-state index contributed by atoms with van der Waals surface area (Å²) in [6.07, 6.45) is 0.871. The fourth-order valence-electron chi connectivity index (χ4n) is 3.59. The van der Waals surface area contributed by atoms with Crippen molar-refractivity contribution in [3.63, 3.8) is 0 Å². The number of rotatable bonds is 7. The number of methoxy groups -OCH3 is 2. The number of hydrogen-bond donors (Lipinski definition) is 2. The predicted octanol–water partition coefficient (Wildman–Crippen LogP) is 1.86. The van der Waals surface area contributed by atoms with E-state index in [1.807, 2.05) is 30.3 Å². The van der Waals surface area contributed by atoms with Gasteiger partial charge in [0.05, 0.1) is 33.4 Å². The molecule has 3 rings (SSSR count). The molecule has 2 aromatic carbocycles. The van der Waals surface area contributed by atoms with E-state index in [4.69, 9.17) is 9.47 Å². The lowest BCUT2D eigenvalue weighted by atomic mass is 9.88. The lowest BCUT2D eigenvalue weighted by Gasteiger charge is -2.24. The lowest BCUT2D eigenvalue weighted by molar-refractivity contribution is -0.547. The zero-order valence-corrected chi connectivity index (χ0v) is 15.3. The number of aliphatic hydroxyl groups excluding tert-OH is 2. The van der Waals surface area contributed by atoms with Gasteiger partial charge in [0.15, 0.2) is 23.8 Å². The fourth-order valence-corrected chi connectivity index (χ4v) is 3.59. The Labute approximate surface area is 154 Å². The molecule has 0 radical (unpaired) electrons. The van der Waals surface area contributed by atoms with Gasteiger partial charge in [0.25, 0.3) is 0 Å². The van der Waals surface area contributed by atoms with Crippen molar-refractivity contribution in [2.24, 2.45) is 5.92 Å². The summed E-state index contributed by atoms with van der Waals surface area (Å²) < 4.78 is 13.1. The quantitative estimate of drug-likeness (QED) is 0.744. The van der Waals surface area contributed by atoms with Gasteiger partial charge in [-0.05, 0) is 17.7 Å². The average molecular weight is 356 g/mol. The summed E-state index contributed by atoms with van der Waals surface area (Å²) in [5.41, 5.74) is 4.32. The Balaban J connectivity index is 2.12. The number of nitrogens with zero attached hydrogens (tertiary/aromatic N) is 1.